The molecule has 0 saturated carbocycles. The van der Waals surface area contributed by atoms with Gasteiger partial charge in [-0.3, -0.25) is 9.59 Å². The van der Waals surface area contributed by atoms with Gasteiger partial charge in [-0.05, 0) is 18.2 Å². The first-order valence-electron chi connectivity index (χ1n) is 6.96. The number of carbonyl (C=O) groups is 3. The number of hydrogen-bond donors (Lipinski definition) is 0. The molecule has 0 unspecified atom stereocenters. The van der Waals surface area contributed by atoms with Crippen LogP contribution in [0.4, 0.5) is 5.69 Å². The van der Waals surface area contributed by atoms with E-state index in [0.717, 1.165) is 12.0 Å². The van der Waals surface area contributed by atoms with E-state index in [1.54, 1.807) is 0 Å². The van der Waals surface area contributed by atoms with Crippen LogP contribution in [0.5, 0.6) is 0 Å². The lowest BCUT2D eigenvalue weighted by Gasteiger charge is -2.24. The van der Waals surface area contributed by atoms with Crippen LogP contribution in [0.3, 0.4) is 0 Å². The summed E-state index contributed by atoms with van der Waals surface area (Å²) in [6.45, 7) is 0. The highest BCUT2D eigenvalue weighted by Crippen LogP contribution is 2.41. The van der Waals surface area contributed by atoms with Crippen molar-refractivity contribution in [1.82, 2.24) is 5.12 Å². The third-order valence-corrected chi connectivity index (χ3v) is 4.75. The van der Waals surface area contributed by atoms with E-state index in [4.69, 9.17) is 23.2 Å². The van der Waals surface area contributed by atoms with Crippen LogP contribution in [-0.4, -0.2) is 41.3 Å². The maximum atomic E-state index is 12.9. The number of esters is 1. The number of carbonyl (C=O) groups excluding carboxylic acids is 3. The maximum Gasteiger partial charge on any atom is 0.354 e. The summed E-state index contributed by atoms with van der Waals surface area (Å²) in [5.41, 5.74) is -1.66. The van der Waals surface area contributed by atoms with Crippen molar-refractivity contribution >= 4 is 52.4 Å². The van der Waals surface area contributed by atoms with Gasteiger partial charge < -0.3 is 4.74 Å². The van der Waals surface area contributed by atoms with Gasteiger partial charge in [0.15, 0.2) is 11.3 Å². The monoisotopic (exact) mass is 384 g/mol. The molecule has 1 aromatic rings. The molecule has 2 aliphatic heterocycles. The number of ether oxygens (including phenoxy) is 1. The summed E-state index contributed by atoms with van der Waals surface area (Å²) in [5.74, 6) is -2.13. The second-order valence-electron chi connectivity index (χ2n) is 5.43. The van der Waals surface area contributed by atoms with E-state index in [9.17, 15) is 19.3 Å². The van der Waals surface area contributed by atoms with Gasteiger partial charge >= 0.3 is 5.97 Å². The molecule has 9 nitrogen and oxygen atoms in total. The second kappa shape index (κ2) is 6.08. The first-order chi connectivity index (χ1) is 11.8. The molecule has 25 heavy (non-hydrogen) atoms. The minimum Gasteiger partial charge on any atom is -0.464 e. The number of methoxy groups -OCH3 is 1. The number of amides is 2. The maximum absolute atomic E-state index is 12.9. The first-order valence-corrected chi connectivity index (χ1v) is 7.71. The van der Waals surface area contributed by atoms with Gasteiger partial charge in [0, 0.05) is 6.42 Å². The molecule has 0 aromatic heterocycles. The zero-order valence-electron chi connectivity index (χ0n) is 12.7. The Balaban J connectivity index is 1.99. The lowest BCUT2D eigenvalue weighted by molar-refractivity contribution is -0.132. The van der Waals surface area contributed by atoms with E-state index in [1.807, 2.05) is 0 Å². The zero-order chi connectivity index (χ0) is 18.4. The number of imide groups is 1. The smallest absolute Gasteiger partial charge is 0.354 e. The number of hydrogen-bond acceptors (Lipinski definition) is 7. The minimum absolute atomic E-state index is 0.156. The molecule has 0 N–H and O–H groups in total. The quantitative estimate of drug-likeness (QED) is 0.447. The Kier molecular flexibility index (Phi) is 4.21. The Hall–Kier alpha value is -2.52. The first kappa shape index (κ1) is 17.3. The largest absolute Gasteiger partial charge is 0.464 e. The van der Waals surface area contributed by atoms with Crippen LogP contribution >= 0.6 is 23.2 Å². The van der Waals surface area contributed by atoms with Gasteiger partial charge in [0.25, 0.3) is 5.91 Å². The normalized spacial score (nSPS) is 22.6. The number of nitroso groups, excluding NO2 is 1. The van der Waals surface area contributed by atoms with Gasteiger partial charge in [-0.15, -0.1) is 15.1 Å². The van der Waals surface area contributed by atoms with Gasteiger partial charge in [0.05, 0.1) is 34.5 Å². The second-order valence-corrected chi connectivity index (χ2v) is 6.24. The molecular formula is C14H10Cl2N4O5. The number of nitrogens with zero attached hydrogens (tertiary/aromatic N) is 4. The van der Waals surface area contributed by atoms with Crippen LogP contribution in [-0.2, 0) is 19.1 Å². The van der Waals surface area contributed by atoms with Gasteiger partial charge in [0.1, 0.15) is 0 Å². The SMILES string of the molecule is COC(=O)C1=NN(N=O)[C@@]2(CC(=O)N(c3ccc(Cl)c(Cl)c3)C2=O)C1. The molecule has 1 fully saturated rings. The fourth-order valence-corrected chi connectivity index (χ4v) is 3.12. The van der Waals surface area contributed by atoms with Crippen molar-refractivity contribution in [2.45, 2.75) is 18.4 Å². The summed E-state index contributed by atoms with van der Waals surface area (Å²) in [7, 11) is 1.14. The van der Waals surface area contributed by atoms with Gasteiger partial charge in [-0.1, -0.05) is 23.2 Å². The highest BCUT2D eigenvalue weighted by atomic mass is 35.5. The van der Waals surface area contributed by atoms with Gasteiger partial charge in [-0.25, -0.2) is 9.69 Å². The predicted octanol–water partition coefficient (Wildman–Crippen LogP) is 1.91. The highest BCUT2D eigenvalue weighted by Gasteiger charge is 2.61. The summed E-state index contributed by atoms with van der Waals surface area (Å²) >= 11 is 11.8. The van der Waals surface area contributed by atoms with Gasteiger partial charge in [0.2, 0.25) is 5.91 Å². The molecule has 1 spiro atoms. The molecule has 1 aromatic carbocycles. The minimum atomic E-state index is -1.69. The summed E-state index contributed by atoms with van der Waals surface area (Å²) in [6, 6.07) is 4.23. The van der Waals surface area contributed by atoms with E-state index < -0.39 is 23.3 Å². The average Bonchev–Trinajstić information content (AvgIpc) is 3.08. The summed E-state index contributed by atoms with van der Waals surface area (Å²) in [4.78, 5) is 49.0. The number of anilines is 1. The Labute approximate surface area is 151 Å². The summed E-state index contributed by atoms with van der Waals surface area (Å²) in [5, 5.41) is 7.35. The van der Waals surface area contributed by atoms with Crippen molar-refractivity contribution in [1.29, 1.82) is 0 Å². The van der Waals surface area contributed by atoms with Crippen LogP contribution in [0.25, 0.3) is 0 Å². The van der Waals surface area contributed by atoms with Crippen LogP contribution < -0.4 is 4.90 Å². The molecule has 0 radical (unpaired) electrons. The molecule has 0 aliphatic carbocycles. The fraction of sp³-hybridized carbons (Fsp3) is 0.286. The van der Waals surface area contributed by atoms with Crippen molar-refractivity contribution < 1.29 is 19.1 Å². The van der Waals surface area contributed by atoms with Crippen molar-refractivity contribution in [3.05, 3.63) is 33.2 Å². The lowest BCUT2D eigenvalue weighted by Crippen LogP contribution is -2.48. The van der Waals surface area contributed by atoms with Crippen LogP contribution in [0.1, 0.15) is 12.8 Å². The molecular weight excluding hydrogens is 375 g/mol. The number of hydrazone groups is 1. The van der Waals surface area contributed by atoms with E-state index in [1.165, 1.54) is 18.2 Å². The van der Waals surface area contributed by atoms with Crippen LogP contribution in [0.2, 0.25) is 10.0 Å². The predicted molar refractivity (Wildman–Crippen MR) is 88.0 cm³/mol. The molecule has 2 heterocycles. The Morgan fingerprint density at radius 1 is 1.28 bits per heavy atom. The molecule has 2 aliphatic rings. The molecule has 130 valence electrons. The molecule has 11 heteroatoms. The Morgan fingerprint density at radius 2 is 2.00 bits per heavy atom. The molecule has 0 bridgehead atoms. The van der Waals surface area contributed by atoms with Crippen molar-refractivity contribution in [3.8, 4) is 0 Å². The summed E-state index contributed by atoms with van der Waals surface area (Å²) < 4.78 is 4.55. The van der Waals surface area contributed by atoms with Crippen molar-refractivity contribution in [3.63, 3.8) is 0 Å². The summed E-state index contributed by atoms with van der Waals surface area (Å²) in [6.07, 6.45) is -0.643. The molecule has 2 amide bonds. The van der Waals surface area contributed by atoms with Gasteiger partial charge in [-0.2, -0.15) is 0 Å². The number of benzene rings is 1. The Bertz CT molecular complexity index is 843. The molecule has 3 rings (SSSR count). The zero-order valence-corrected chi connectivity index (χ0v) is 14.2. The van der Waals surface area contributed by atoms with Crippen LogP contribution in [0.15, 0.2) is 28.6 Å². The fourth-order valence-electron chi connectivity index (χ4n) is 2.83. The number of halogens is 2. The Morgan fingerprint density at radius 3 is 2.60 bits per heavy atom. The highest BCUT2D eigenvalue weighted by molar-refractivity contribution is 6.42. The van der Waals surface area contributed by atoms with Crippen molar-refractivity contribution in [2.75, 3.05) is 12.0 Å². The molecule has 1 atom stereocenters. The van der Waals surface area contributed by atoms with E-state index in [-0.39, 0.29) is 34.3 Å². The lowest BCUT2D eigenvalue weighted by atomic mass is 9.92. The number of rotatable bonds is 3. The van der Waals surface area contributed by atoms with E-state index in [2.05, 4.69) is 15.1 Å². The topological polar surface area (TPSA) is 109 Å². The third kappa shape index (κ3) is 2.56. The standard InChI is InChI=1S/C14H10Cl2N4O5/c1-25-12(22)10-5-14(20(17-10)18-24)6-11(21)19(13(14)23)7-2-3-8(15)9(16)4-7/h2-4H,5-6H2,1H3/t14-/m1/s1. The third-order valence-electron chi connectivity index (χ3n) is 4.01. The van der Waals surface area contributed by atoms with E-state index in [0.29, 0.717) is 5.12 Å². The van der Waals surface area contributed by atoms with Crippen LogP contribution in [0, 0.1) is 4.91 Å². The average molecular weight is 385 g/mol. The van der Waals surface area contributed by atoms with E-state index >= 15 is 0 Å². The molecule has 1 saturated heterocycles. The van der Waals surface area contributed by atoms with Crippen molar-refractivity contribution in [2.24, 2.45) is 10.4 Å².